The van der Waals surface area contributed by atoms with E-state index in [4.69, 9.17) is 11.6 Å². The quantitative estimate of drug-likeness (QED) is 0.264. The number of nitrogens with zero attached hydrogens (tertiary/aromatic N) is 3. The molecule has 0 spiro atoms. The zero-order valence-corrected chi connectivity index (χ0v) is 20.0. The van der Waals surface area contributed by atoms with Crippen LogP contribution in [0.1, 0.15) is 29.5 Å². The van der Waals surface area contributed by atoms with Crippen LogP contribution in [0.4, 0.5) is 0 Å². The van der Waals surface area contributed by atoms with Crippen LogP contribution in [0.25, 0.3) is 0 Å². The highest BCUT2D eigenvalue weighted by Gasteiger charge is 2.22. The highest BCUT2D eigenvalue weighted by molar-refractivity contribution is 14.0. The Morgan fingerprint density at radius 3 is 2.34 bits per heavy atom. The van der Waals surface area contributed by atoms with E-state index in [9.17, 15) is 4.79 Å². The molecule has 1 heterocycles. The second-order valence-electron chi connectivity index (χ2n) is 7.08. The van der Waals surface area contributed by atoms with Crippen LogP contribution in [0.3, 0.4) is 0 Å². The maximum atomic E-state index is 12.5. The van der Waals surface area contributed by atoms with Crippen LogP contribution in [-0.2, 0) is 24.4 Å². The standard InChI is InChI=1S/C22H27ClN4O.HI/c1-24-22(26(2)14-17-9-11-20(23)12-10-17)25-13-5-8-21(28)27-15-18-6-3-4-7-19(18)16-27;/h3-4,6-7,9-12H,5,8,13-16H2,1-2H3,(H,24,25);1H. The molecule has 3 rings (SSSR count). The molecule has 1 amide bonds. The summed E-state index contributed by atoms with van der Waals surface area (Å²) in [7, 11) is 3.77. The minimum atomic E-state index is 0. The second kappa shape index (κ2) is 11.4. The molecule has 29 heavy (non-hydrogen) atoms. The molecule has 0 saturated heterocycles. The number of carbonyl (C=O) groups is 1. The fourth-order valence-corrected chi connectivity index (χ4v) is 3.56. The van der Waals surface area contributed by atoms with E-state index in [1.807, 2.05) is 48.3 Å². The van der Waals surface area contributed by atoms with Crippen molar-refractivity contribution in [2.24, 2.45) is 4.99 Å². The first kappa shape index (κ1) is 23.5. The van der Waals surface area contributed by atoms with Gasteiger partial charge < -0.3 is 15.1 Å². The molecule has 156 valence electrons. The van der Waals surface area contributed by atoms with Gasteiger partial charge >= 0.3 is 0 Å². The Morgan fingerprint density at radius 1 is 1.14 bits per heavy atom. The summed E-state index contributed by atoms with van der Waals surface area (Å²) in [5.74, 6) is 1.03. The van der Waals surface area contributed by atoms with Crippen molar-refractivity contribution in [1.29, 1.82) is 0 Å². The van der Waals surface area contributed by atoms with Crippen LogP contribution < -0.4 is 5.32 Å². The minimum Gasteiger partial charge on any atom is -0.356 e. The highest BCUT2D eigenvalue weighted by Crippen LogP contribution is 2.22. The minimum absolute atomic E-state index is 0. The van der Waals surface area contributed by atoms with E-state index in [0.717, 1.165) is 37.0 Å². The predicted molar refractivity (Wildman–Crippen MR) is 130 cm³/mol. The van der Waals surface area contributed by atoms with Gasteiger partial charge in [0.2, 0.25) is 5.91 Å². The maximum absolute atomic E-state index is 12.5. The lowest BCUT2D eigenvalue weighted by Gasteiger charge is -2.22. The van der Waals surface area contributed by atoms with Gasteiger partial charge in [-0.25, -0.2) is 0 Å². The van der Waals surface area contributed by atoms with E-state index in [0.29, 0.717) is 13.0 Å². The molecule has 0 radical (unpaired) electrons. The summed E-state index contributed by atoms with van der Waals surface area (Å²) >= 11 is 5.94. The first-order valence-electron chi connectivity index (χ1n) is 9.57. The molecule has 0 atom stereocenters. The topological polar surface area (TPSA) is 47.9 Å². The van der Waals surface area contributed by atoms with Gasteiger partial charge in [0, 0.05) is 51.7 Å². The Labute approximate surface area is 195 Å². The molecule has 7 heteroatoms. The molecule has 0 fully saturated rings. The van der Waals surface area contributed by atoms with Crippen LogP contribution in [-0.4, -0.2) is 42.3 Å². The summed E-state index contributed by atoms with van der Waals surface area (Å²) in [5.41, 5.74) is 3.69. The molecule has 1 aliphatic rings. The molecule has 0 bridgehead atoms. The molecule has 0 aromatic heterocycles. The van der Waals surface area contributed by atoms with Crippen LogP contribution in [0.5, 0.6) is 0 Å². The number of carbonyl (C=O) groups excluding carboxylic acids is 1. The number of nitrogens with one attached hydrogen (secondary N) is 1. The summed E-state index contributed by atoms with van der Waals surface area (Å²) in [6.07, 6.45) is 1.32. The average Bonchev–Trinajstić information content (AvgIpc) is 3.14. The van der Waals surface area contributed by atoms with Crippen molar-refractivity contribution in [2.45, 2.75) is 32.5 Å². The molecule has 5 nitrogen and oxygen atoms in total. The first-order valence-corrected chi connectivity index (χ1v) is 9.95. The van der Waals surface area contributed by atoms with Gasteiger partial charge in [0.05, 0.1) is 0 Å². The molecule has 1 N–H and O–H groups in total. The van der Waals surface area contributed by atoms with E-state index >= 15 is 0 Å². The lowest BCUT2D eigenvalue weighted by Crippen LogP contribution is -2.39. The monoisotopic (exact) mass is 526 g/mol. The number of rotatable bonds is 6. The lowest BCUT2D eigenvalue weighted by atomic mass is 10.1. The maximum Gasteiger partial charge on any atom is 0.223 e. The SMILES string of the molecule is CN=C(NCCCC(=O)N1Cc2ccccc2C1)N(C)Cc1ccc(Cl)cc1.I. The number of hydrogen-bond donors (Lipinski definition) is 1. The molecular formula is C22H28ClIN4O. The zero-order valence-electron chi connectivity index (χ0n) is 16.9. The van der Waals surface area contributed by atoms with Crippen molar-refractivity contribution in [3.63, 3.8) is 0 Å². The third-order valence-corrected chi connectivity index (χ3v) is 5.20. The van der Waals surface area contributed by atoms with Crippen molar-refractivity contribution in [2.75, 3.05) is 20.6 Å². The van der Waals surface area contributed by atoms with Gasteiger partial charge in [-0.3, -0.25) is 9.79 Å². The third kappa shape index (κ3) is 6.60. The van der Waals surface area contributed by atoms with E-state index < -0.39 is 0 Å². The number of benzene rings is 2. The average molecular weight is 527 g/mol. The van der Waals surface area contributed by atoms with Crippen LogP contribution in [0.15, 0.2) is 53.5 Å². The Bertz CT molecular complexity index is 816. The Kier molecular flexibility index (Phi) is 9.23. The van der Waals surface area contributed by atoms with Crippen molar-refractivity contribution in [3.05, 3.63) is 70.2 Å². The van der Waals surface area contributed by atoms with E-state index in [-0.39, 0.29) is 29.9 Å². The molecular weight excluding hydrogens is 499 g/mol. The summed E-state index contributed by atoms with van der Waals surface area (Å²) in [4.78, 5) is 20.8. The largest absolute Gasteiger partial charge is 0.356 e. The lowest BCUT2D eigenvalue weighted by molar-refractivity contribution is -0.131. The number of fused-ring (bicyclic) bond motifs is 1. The molecule has 1 aliphatic heterocycles. The van der Waals surface area contributed by atoms with Gasteiger partial charge in [-0.15, -0.1) is 24.0 Å². The normalized spacial score (nSPS) is 12.9. The van der Waals surface area contributed by atoms with E-state index in [1.165, 1.54) is 16.7 Å². The fraction of sp³-hybridized carbons (Fsp3) is 0.364. The van der Waals surface area contributed by atoms with Crippen molar-refractivity contribution < 1.29 is 4.79 Å². The number of guanidine groups is 1. The second-order valence-corrected chi connectivity index (χ2v) is 7.52. The van der Waals surface area contributed by atoms with Gasteiger partial charge in [-0.05, 0) is 35.2 Å². The smallest absolute Gasteiger partial charge is 0.223 e. The molecule has 0 saturated carbocycles. The molecule has 0 unspecified atom stereocenters. The van der Waals surface area contributed by atoms with Gasteiger partial charge in [0.1, 0.15) is 0 Å². The van der Waals surface area contributed by atoms with Gasteiger partial charge in [-0.2, -0.15) is 0 Å². The van der Waals surface area contributed by atoms with Crippen LogP contribution >= 0.6 is 35.6 Å². The van der Waals surface area contributed by atoms with Crippen molar-refractivity contribution in [1.82, 2.24) is 15.1 Å². The van der Waals surface area contributed by atoms with Gasteiger partial charge in [-0.1, -0.05) is 48.0 Å². The fourth-order valence-electron chi connectivity index (χ4n) is 3.43. The molecule has 0 aliphatic carbocycles. The summed E-state index contributed by atoms with van der Waals surface area (Å²) in [5, 5.41) is 4.08. The van der Waals surface area contributed by atoms with E-state index in [2.05, 4.69) is 27.3 Å². The first-order chi connectivity index (χ1) is 13.6. The Hall–Kier alpha value is -1.80. The number of aliphatic imine (C=N–C) groups is 1. The van der Waals surface area contributed by atoms with Crippen molar-refractivity contribution in [3.8, 4) is 0 Å². The summed E-state index contributed by atoms with van der Waals surface area (Å²) in [6.45, 7) is 2.91. The molecule has 2 aromatic carbocycles. The summed E-state index contributed by atoms with van der Waals surface area (Å²) in [6, 6.07) is 16.1. The highest BCUT2D eigenvalue weighted by atomic mass is 127. The number of halogens is 2. The van der Waals surface area contributed by atoms with Crippen molar-refractivity contribution >= 4 is 47.4 Å². The molecule has 2 aromatic rings. The van der Waals surface area contributed by atoms with Crippen LogP contribution in [0.2, 0.25) is 5.02 Å². The summed E-state index contributed by atoms with van der Waals surface area (Å²) < 4.78 is 0. The Morgan fingerprint density at radius 2 is 1.76 bits per heavy atom. The third-order valence-electron chi connectivity index (χ3n) is 4.95. The van der Waals surface area contributed by atoms with Crippen LogP contribution in [0, 0.1) is 0 Å². The van der Waals surface area contributed by atoms with E-state index in [1.54, 1.807) is 7.05 Å². The Balaban J connectivity index is 0.00000300. The number of amides is 1. The van der Waals surface area contributed by atoms with Gasteiger partial charge in [0.25, 0.3) is 0 Å². The number of hydrogen-bond acceptors (Lipinski definition) is 2. The van der Waals surface area contributed by atoms with Gasteiger partial charge in [0.15, 0.2) is 5.96 Å². The zero-order chi connectivity index (χ0) is 19.9. The predicted octanol–water partition coefficient (Wildman–Crippen LogP) is 4.29.